The number of benzene rings is 1. The van der Waals surface area contributed by atoms with Gasteiger partial charge in [0.25, 0.3) is 0 Å². The van der Waals surface area contributed by atoms with Crippen LogP contribution in [0.4, 0.5) is 0 Å². The van der Waals surface area contributed by atoms with Crippen LogP contribution < -0.4 is 21.7 Å². The van der Waals surface area contributed by atoms with Crippen molar-refractivity contribution in [3.63, 3.8) is 0 Å². The van der Waals surface area contributed by atoms with Crippen molar-refractivity contribution in [2.45, 2.75) is 110 Å². The normalized spacial score (nSPS) is 14.2. The van der Waals surface area contributed by atoms with E-state index in [2.05, 4.69) is 51.5 Å². The molecule has 0 aliphatic rings. The number of aliphatic hydroxyl groups is 1. The number of nitrogens with two attached hydrogens (primary N) is 1. The zero-order valence-electron chi connectivity index (χ0n) is 37.7. The number of Topliss-reactive ketones (excluding diaryl/α,β-unsaturated/α-hetero) is 3. The van der Waals surface area contributed by atoms with E-state index < -0.39 is 90.6 Å². The van der Waals surface area contributed by atoms with Gasteiger partial charge < -0.3 is 46.5 Å². The first-order valence-electron chi connectivity index (χ1n) is 22.1. The Hall–Kier alpha value is -4.41. The lowest BCUT2D eigenvalue weighted by Crippen LogP contribution is -2.50. The second-order valence-electron chi connectivity index (χ2n) is 16.3. The molecule has 3 amide bonds. The number of carbonyl (C=O) groups is 7. The van der Waals surface area contributed by atoms with E-state index in [0.717, 1.165) is 0 Å². The maximum atomic E-state index is 13.8. The van der Waals surface area contributed by atoms with Crippen molar-refractivity contribution >= 4 is 66.3 Å². The number of phenolic OH excluding ortho intramolecular Hbond substituents is 1. The molecule has 8 N–H and O–H groups in total. The van der Waals surface area contributed by atoms with Gasteiger partial charge in [-0.15, -0.1) is 5.10 Å². The van der Waals surface area contributed by atoms with E-state index in [1.165, 1.54) is 24.3 Å². The minimum absolute atomic E-state index is 0.0376. The minimum Gasteiger partial charge on any atom is -0.508 e. The maximum absolute atomic E-state index is 13.8. The molecule has 1 heterocycles. The number of hydrogen-bond acceptors (Lipinski definition) is 16. The van der Waals surface area contributed by atoms with Crippen LogP contribution in [0.2, 0.25) is 0 Å². The lowest BCUT2D eigenvalue weighted by molar-refractivity contribution is -0.143. The molecule has 0 unspecified atom stereocenters. The van der Waals surface area contributed by atoms with E-state index in [0.29, 0.717) is 76.5 Å². The average molecular weight is 952 g/mol. The number of ketones is 3. The largest absolute Gasteiger partial charge is 0.508 e. The van der Waals surface area contributed by atoms with Crippen molar-refractivity contribution in [3.8, 4) is 5.75 Å². The summed E-state index contributed by atoms with van der Waals surface area (Å²) < 4.78 is 12.4. The molecule has 0 aliphatic carbocycles. The number of aromatic nitrogens is 3. The van der Waals surface area contributed by atoms with E-state index in [1.54, 1.807) is 24.7 Å². The van der Waals surface area contributed by atoms with Crippen molar-refractivity contribution in [1.29, 1.82) is 0 Å². The van der Waals surface area contributed by atoms with Crippen LogP contribution in [0, 0.1) is 23.7 Å². The first-order chi connectivity index (χ1) is 31.0. The van der Waals surface area contributed by atoms with Crippen LogP contribution in [0.15, 0.2) is 30.5 Å². The van der Waals surface area contributed by atoms with E-state index in [1.807, 2.05) is 6.92 Å². The number of nitrogens with zero attached hydrogens (tertiary/aromatic N) is 3. The van der Waals surface area contributed by atoms with Gasteiger partial charge in [-0.2, -0.15) is 25.3 Å². The van der Waals surface area contributed by atoms with Gasteiger partial charge in [-0.3, -0.25) is 28.8 Å². The summed E-state index contributed by atoms with van der Waals surface area (Å²) in [6.45, 7) is 7.56. The summed E-state index contributed by atoms with van der Waals surface area (Å²) >= 11 is 8.62. The molecule has 0 bridgehead atoms. The zero-order valence-corrected chi connectivity index (χ0v) is 39.5. The summed E-state index contributed by atoms with van der Waals surface area (Å²) in [5, 5.41) is 45.5. The first-order valence-corrected chi connectivity index (χ1v) is 23.4. The zero-order chi connectivity index (χ0) is 48.3. The van der Waals surface area contributed by atoms with Crippen LogP contribution >= 0.6 is 25.3 Å². The fourth-order valence-electron chi connectivity index (χ4n) is 6.74. The molecule has 0 saturated heterocycles. The molecule has 0 aliphatic heterocycles. The Kier molecular flexibility index (Phi) is 27.5. The number of aryl methyl sites for hydroxylation is 1. The summed E-state index contributed by atoms with van der Waals surface area (Å²) in [4.78, 5) is 92.9. The van der Waals surface area contributed by atoms with Crippen LogP contribution in [0.25, 0.3) is 0 Å². The molecule has 0 saturated carbocycles. The van der Waals surface area contributed by atoms with Gasteiger partial charge in [0.15, 0.2) is 11.6 Å². The second kappa shape index (κ2) is 31.5. The SMILES string of the molecule is CCOCCOCCn1cc(CCC(=O)C[C@@H](CCCCN)C(=O)N[C@@H](CS)C(=O)C[C@@H](CS)C(=O)N[C@H](Cc2ccc(O)cc2)C(=O)C[C@@H](CO)C(=O)N[C@@H](CC(C)C)C(=O)O)nn1. The number of amides is 3. The summed E-state index contributed by atoms with van der Waals surface area (Å²) in [5.41, 5.74) is 6.84. The van der Waals surface area contributed by atoms with Gasteiger partial charge in [0.1, 0.15) is 17.6 Å². The number of hydrogen-bond donors (Lipinski definition) is 9. The number of thiol groups is 2. The van der Waals surface area contributed by atoms with Gasteiger partial charge >= 0.3 is 5.97 Å². The summed E-state index contributed by atoms with van der Waals surface area (Å²) in [5.74, 6) is -8.28. The van der Waals surface area contributed by atoms with E-state index in [4.69, 9.17) is 15.2 Å². The Labute approximate surface area is 391 Å². The maximum Gasteiger partial charge on any atom is 0.326 e. The third-order valence-corrected chi connectivity index (χ3v) is 11.3. The molecular formula is C44H69N7O12S2. The fourth-order valence-corrected chi connectivity index (χ4v) is 7.33. The first kappa shape index (κ1) is 56.7. The van der Waals surface area contributed by atoms with Crippen LogP contribution in [0.5, 0.6) is 5.75 Å². The van der Waals surface area contributed by atoms with Crippen molar-refractivity contribution in [2.75, 3.05) is 51.1 Å². The van der Waals surface area contributed by atoms with Gasteiger partial charge in [0, 0.05) is 55.9 Å². The molecule has 6 atom stereocenters. The Bertz CT molecular complexity index is 1800. The molecule has 1 aromatic heterocycles. The topological polar surface area (TPSA) is 291 Å². The van der Waals surface area contributed by atoms with Gasteiger partial charge in [-0.25, -0.2) is 9.48 Å². The number of phenols is 1. The molecule has 2 aromatic rings. The minimum atomic E-state index is -1.33. The number of carboxylic acid groups (broad SMARTS) is 1. The molecule has 19 nitrogen and oxygen atoms in total. The predicted octanol–water partition coefficient (Wildman–Crippen LogP) is 1.50. The summed E-state index contributed by atoms with van der Waals surface area (Å²) in [6, 6.07) is 2.21. The van der Waals surface area contributed by atoms with Gasteiger partial charge in [0.2, 0.25) is 17.7 Å². The lowest BCUT2D eigenvalue weighted by atomic mass is 9.92. The highest BCUT2D eigenvalue weighted by Crippen LogP contribution is 2.19. The van der Waals surface area contributed by atoms with E-state index in [-0.39, 0.29) is 54.6 Å². The van der Waals surface area contributed by atoms with Crippen LogP contribution in [0.1, 0.15) is 83.4 Å². The standard InChI is InChI=1S/C44H69N7O12S2/c1-4-62-17-18-63-16-15-51-24-33(49-50-51)10-13-35(54)21-30(7-5-6-14-45)41(57)48-38(27-65)40(56)23-32(26-64)43(59)46-36(20-29-8-11-34(53)12-9-29)39(55)22-31(25-52)42(58)47-37(44(60)61)19-28(2)3/h8-9,11-12,24,28,30-32,36-38,52-53,64-65H,4-7,10,13-23,25-27,45H2,1-3H3,(H,46,59)(H,47,58)(H,48,57)(H,60,61)/t30-,31+,32+,36-,37+,38+/m1/s1. The molecule has 364 valence electrons. The molecule has 0 fully saturated rings. The third-order valence-electron chi connectivity index (χ3n) is 10.5. The van der Waals surface area contributed by atoms with Gasteiger partial charge in [-0.1, -0.05) is 37.6 Å². The highest BCUT2D eigenvalue weighted by atomic mass is 32.1. The van der Waals surface area contributed by atoms with Crippen LogP contribution in [-0.4, -0.2) is 141 Å². The summed E-state index contributed by atoms with van der Waals surface area (Å²) in [7, 11) is 0. The van der Waals surface area contributed by atoms with Crippen molar-refractivity contribution < 1.29 is 58.4 Å². The number of aromatic hydroxyl groups is 1. The molecule has 2 rings (SSSR count). The van der Waals surface area contributed by atoms with E-state index >= 15 is 0 Å². The number of aliphatic carboxylic acids is 1. The number of rotatable bonds is 36. The third kappa shape index (κ3) is 22.1. The monoisotopic (exact) mass is 951 g/mol. The highest BCUT2D eigenvalue weighted by Gasteiger charge is 2.33. The Morgan fingerprint density at radius 2 is 1.42 bits per heavy atom. The molecule has 65 heavy (non-hydrogen) atoms. The smallest absolute Gasteiger partial charge is 0.326 e. The van der Waals surface area contributed by atoms with Crippen molar-refractivity contribution in [1.82, 2.24) is 30.9 Å². The Morgan fingerprint density at radius 3 is 2.03 bits per heavy atom. The lowest BCUT2D eigenvalue weighted by Gasteiger charge is -2.25. The molecule has 0 spiro atoms. The van der Waals surface area contributed by atoms with Gasteiger partial charge in [0.05, 0.1) is 62.6 Å². The number of carboxylic acids is 1. The van der Waals surface area contributed by atoms with Crippen LogP contribution in [-0.2, 0) is 62.4 Å². The number of carbonyl (C=O) groups excluding carboxylic acids is 6. The van der Waals surface area contributed by atoms with Crippen LogP contribution in [0.3, 0.4) is 0 Å². The fraction of sp³-hybridized carbons (Fsp3) is 0.659. The molecule has 0 radical (unpaired) electrons. The predicted molar refractivity (Wildman–Crippen MR) is 247 cm³/mol. The molecular weight excluding hydrogens is 883 g/mol. The Morgan fingerprint density at radius 1 is 0.800 bits per heavy atom. The number of aliphatic hydroxyl groups excluding tert-OH is 1. The van der Waals surface area contributed by atoms with Crippen molar-refractivity contribution in [2.24, 2.45) is 29.4 Å². The number of ether oxygens (including phenoxy) is 2. The summed E-state index contributed by atoms with van der Waals surface area (Å²) in [6.07, 6.45) is 2.70. The second-order valence-corrected chi connectivity index (χ2v) is 17.0. The van der Waals surface area contributed by atoms with Crippen molar-refractivity contribution in [3.05, 3.63) is 41.7 Å². The number of unbranched alkanes of at least 4 members (excludes halogenated alkanes) is 1. The molecule has 1 aromatic carbocycles. The highest BCUT2D eigenvalue weighted by molar-refractivity contribution is 7.80. The Balaban J connectivity index is 2.12. The quantitative estimate of drug-likeness (QED) is 0.0346. The van der Waals surface area contributed by atoms with Gasteiger partial charge in [-0.05, 0) is 69.2 Å². The van der Waals surface area contributed by atoms with E-state index in [9.17, 15) is 48.9 Å². The number of nitrogens with one attached hydrogen (secondary N) is 3. The average Bonchev–Trinajstić information content (AvgIpc) is 3.73. The molecule has 21 heteroatoms.